The number of aryl methyl sites for hydroxylation is 3. The zero-order valence-corrected chi connectivity index (χ0v) is 14.6. The van der Waals surface area contributed by atoms with Crippen LogP contribution in [0.3, 0.4) is 0 Å². The van der Waals surface area contributed by atoms with Gasteiger partial charge in [0, 0.05) is 5.69 Å². The molecule has 0 aliphatic heterocycles. The topological polar surface area (TPSA) is 22.2 Å². The molecule has 0 atom stereocenters. The van der Waals surface area contributed by atoms with Crippen molar-refractivity contribution in [3.8, 4) is 5.69 Å². The van der Waals surface area contributed by atoms with Crippen molar-refractivity contribution in [2.75, 3.05) is 0 Å². The third kappa shape index (κ3) is 2.02. The van der Waals surface area contributed by atoms with Crippen LogP contribution in [-0.2, 0) is 0 Å². The Balaban J connectivity index is 2.01. The Morgan fingerprint density at radius 1 is 0.640 bits per heavy atom. The molecule has 3 aromatic carbocycles. The van der Waals surface area contributed by atoms with Crippen LogP contribution >= 0.6 is 0 Å². The van der Waals surface area contributed by atoms with Gasteiger partial charge in [0.25, 0.3) is 0 Å². The minimum atomic E-state index is 0.963. The molecule has 0 aliphatic rings. The molecule has 0 bridgehead atoms. The number of hydrogen-bond acceptors (Lipinski definition) is 1. The van der Waals surface area contributed by atoms with Crippen LogP contribution < -0.4 is 0 Å². The van der Waals surface area contributed by atoms with Crippen molar-refractivity contribution in [1.82, 2.24) is 14.0 Å². The molecule has 0 unspecified atom stereocenters. The molecule has 0 fully saturated rings. The monoisotopic (exact) mass is 325 g/mol. The summed E-state index contributed by atoms with van der Waals surface area (Å²) < 4.78 is 4.54. The van der Waals surface area contributed by atoms with Crippen LogP contribution in [0.1, 0.15) is 16.7 Å². The minimum absolute atomic E-state index is 0.963. The van der Waals surface area contributed by atoms with Gasteiger partial charge in [0.15, 0.2) is 0 Å². The van der Waals surface area contributed by atoms with Crippen LogP contribution in [0.25, 0.3) is 33.5 Å². The number of nitrogens with zero attached hydrogens (tertiary/aromatic N) is 3. The highest BCUT2D eigenvalue weighted by molar-refractivity contribution is 5.92. The van der Waals surface area contributed by atoms with Gasteiger partial charge in [-0.15, -0.1) is 0 Å². The average Bonchev–Trinajstić information content (AvgIpc) is 3.10. The second-order valence-electron chi connectivity index (χ2n) is 6.90. The van der Waals surface area contributed by atoms with Crippen LogP contribution in [0.4, 0.5) is 0 Å². The standard InChI is InChI=1S/C22H19N3/c1-14-4-8-17(9-5-14)24-19-11-7-16(3)13-21(19)25-20-12-15(2)6-10-18(20)23-22(24)25/h4-13H,1-3H3. The molecule has 5 aromatic rings. The van der Waals surface area contributed by atoms with Crippen LogP contribution in [0.5, 0.6) is 0 Å². The van der Waals surface area contributed by atoms with Gasteiger partial charge in [-0.3, -0.25) is 8.97 Å². The zero-order valence-electron chi connectivity index (χ0n) is 14.6. The van der Waals surface area contributed by atoms with E-state index in [1.54, 1.807) is 0 Å². The number of imidazole rings is 2. The summed E-state index contributed by atoms with van der Waals surface area (Å²) in [6, 6.07) is 21.7. The molecular weight excluding hydrogens is 306 g/mol. The lowest BCUT2D eigenvalue weighted by atomic mass is 10.2. The Labute approximate surface area is 146 Å². The first-order chi connectivity index (χ1) is 12.1. The third-order valence-electron chi connectivity index (χ3n) is 4.90. The summed E-state index contributed by atoms with van der Waals surface area (Å²) in [7, 11) is 0. The molecule has 0 N–H and O–H groups in total. The van der Waals surface area contributed by atoms with E-state index < -0.39 is 0 Å². The number of benzene rings is 3. The molecule has 2 heterocycles. The van der Waals surface area contributed by atoms with E-state index in [1.807, 2.05) is 0 Å². The Bertz CT molecular complexity index is 1250. The van der Waals surface area contributed by atoms with Crippen molar-refractivity contribution >= 4 is 27.8 Å². The van der Waals surface area contributed by atoms with E-state index in [0.29, 0.717) is 0 Å². The van der Waals surface area contributed by atoms with Crippen LogP contribution in [0.15, 0.2) is 60.7 Å². The summed E-state index contributed by atoms with van der Waals surface area (Å²) in [6.45, 7) is 6.38. The molecular formula is C22H19N3. The van der Waals surface area contributed by atoms with Crippen molar-refractivity contribution in [3.05, 3.63) is 77.4 Å². The van der Waals surface area contributed by atoms with Crippen molar-refractivity contribution in [2.45, 2.75) is 20.8 Å². The zero-order chi connectivity index (χ0) is 17.1. The predicted molar refractivity (Wildman–Crippen MR) is 104 cm³/mol. The molecule has 3 nitrogen and oxygen atoms in total. The fraction of sp³-hybridized carbons (Fsp3) is 0.136. The van der Waals surface area contributed by atoms with Gasteiger partial charge in [-0.2, -0.15) is 0 Å². The van der Waals surface area contributed by atoms with E-state index in [2.05, 4.69) is 90.4 Å². The molecule has 25 heavy (non-hydrogen) atoms. The highest BCUT2D eigenvalue weighted by atomic mass is 15.2. The summed E-state index contributed by atoms with van der Waals surface area (Å²) in [5, 5.41) is 0. The lowest BCUT2D eigenvalue weighted by molar-refractivity contribution is 1.11. The molecule has 0 aliphatic carbocycles. The molecule has 0 spiro atoms. The van der Waals surface area contributed by atoms with Gasteiger partial charge >= 0.3 is 0 Å². The van der Waals surface area contributed by atoms with Gasteiger partial charge in [-0.25, -0.2) is 4.98 Å². The van der Waals surface area contributed by atoms with Gasteiger partial charge in [0.2, 0.25) is 5.78 Å². The lowest BCUT2D eigenvalue weighted by Crippen LogP contribution is -1.94. The van der Waals surface area contributed by atoms with Crippen molar-refractivity contribution < 1.29 is 0 Å². The maximum Gasteiger partial charge on any atom is 0.220 e. The molecule has 122 valence electrons. The van der Waals surface area contributed by atoms with E-state index in [4.69, 9.17) is 4.98 Å². The van der Waals surface area contributed by atoms with Crippen molar-refractivity contribution in [2.24, 2.45) is 0 Å². The fourth-order valence-corrected chi connectivity index (χ4v) is 3.62. The Hall–Kier alpha value is -3.07. The van der Waals surface area contributed by atoms with Gasteiger partial charge < -0.3 is 0 Å². The second-order valence-corrected chi connectivity index (χ2v) is 6.90. The summed E-state index contributed by atoms with van der Waals surface area (Å²) in [5.41, 5.74) is 9.48. The molecule has 2 aromatic heterocycles. The Morgan fingerprint density at radius 2 is 1.28 bits per heavy atom. The number of rotatable bonds is 1. The largest absolute Gasteiger partial charge is 0.278 e. The molecule has 3 heteroatoms. The quantitative estimate of drug-likeness (QED) is 0.407. The van der Waals surface area contributed by atoms with Crippen molar-refractivity contribution in [1.29, 1.82) is 0 Å². The SMILES string of the molecule is Cc1ccc(-n2c3ccc(C)cc3n3c4cc(C)ccc4nc23)cc1. The molecule has 5 rings (SSSR count). The minimum Gasteiger partial charge on any atom is -0.278 e. The van der Waals surface area contributed by atoms with Crippen LogP contribution in [-0.4, -0.2) is 14.0 Å². The van der Waals surface area contributed by atoms with E-state index in [-0.39, 0.29) is 0 Å². The van der Waals surface area contributed by atoms with Gasteiger partial charge in [-0.05, 0) is 68.3 Å². The normalized spacial score (nSPS) is 11.8. The highest BCUT2D eigenvalue weighted by Gasteiger charge is 2.17. The first-order valence-corrected chi connectivity index (χ1v) is 8.59. The number of hydrogen-bond donors (Lipinski definition) is 0. The highest BCUT2D eigenvalue weighted by Crippen LogP contribution is 2.30. The van der Waals surface area contributed by atoms with E-state index in [9.17, 15) is 0 Å². The Kier molecular flexibility index (Phi) is 2.84. The maximum absolute atomic E-state index is 4.95. The summed E-state index contributed by atoms with van der Waals surface area (Å²) in [6.07, 6.45) is 0. The van der Waals surface area contributed by atoms with E-state index in [1.165, 1.54) is 27.7 Å². The van der Waals surface area contributed by atoms with Gasteiger partial charge in [0.05, 0.1) is 22.1 Å². The van der Waals surface area contributed by atoms with Crippen LogP contribution in [0.2, 0.25) is 0 Å². The number of aromatic nitrogens is 3. The lowest BCUT2D eigenvalue weighted by Gasteiger charge is -2.05. The van der Waals surface area contributed by atoms with Gasteiger partial charge in [0.1, 0.15) is 0 Å². The van der Waals surface area contributed by atoms with E-state index >= 15 is 0 Å². The first kappa shape index (κ1) is 14.3. The Morgan fingerprint density at radius 3 is 2.04 bits per heavy atom. The van der Waals surface area contributed by atoms with E-state index in [0.717, 1.165) is 22.5 Å². The van der Waals surface area contributed by atoms with Gasteiger partial charge in [-0.1, -0.05) is 29.8 Å². The predicted octanol–water partition coefficient (Wildman–Crippen LogP) is 5.36. The average molecular weight is 325 g/mol. The summed E-state index contributed by atoms with van der Waals surface area (Å²) >= 11 is 0. The third-order valence-corrected chi connectivity index (χ3v) is 4.90. The molecule has 0 saturated carbocycles. The number of fused-ring (bicyclic) bond motifs is 5. The molecule has 0 amide bonds. The first-order valence-electron chi connectivity index (χ1n) is 8.59. The smallest absolute Gasteiger partial charge is 0.220 e. The van der Waals surface area contributed by atoms with Crippen LogP contribution in [0, 0.1) is 20.8 Å². The summed E-state index contributed by atoms with van der Waals surface area (Å²) in [4.78, 5) is 4.95. The second kappa shape index (κ2) is 4.96. The fourth-order valence-electron chi connectivity index (χ4n) is 3.62. The molecule has 0 saturated heterocycles. The summed E-state index contributed by atoms with van der Waals surface area (Å²) in [5.74, 6) is 0.963. The maximum atomic E-state index is 4.95. The molecule has 0 radical (unpaired) electrons. The van der Waals surface area contributed by atoms with Crippen molar-refractivity contribution in [3.63, 3.8) is 0 Å².